The van der Waals surface area contributed by atoms with Crippen LogP contribution >= 0.6 is 0 Å². The number of amides is 1. The van der Waals surface area contributed by atoms with E-state index < -0.39 is 0 Å². The maximum Gasteiger partial charge on any atom is 0.239 e. The van der Waals surface area contributed by atoms with Crippen molar-refractivity contribution in [3.8, 4) is 0 Å². The molecule has 0 spiro atoms. The second-order valence-electron chi connectivity index (χ2n) is 6.39. The smallest absolute Gasteiger partial charge is 0.239 e. The summed E-state index contributed by atoms with van der Waals surface area (Å²) in [5.74, 6) is 1.54. The largest absolute Gasteiger partial charge is 0.340 e. The molecule has 1 aromatic heterocycles. The van der Waals surface area contributed by atoms with E-state index in [9.17, 15) is 4.79 Å². The van der Waals surface area contributed by atoms with Crippen LogP contribution in [0.5, 0.6) is 0 Å². The standard InChI is InChI=1S/C16H26N4O/c1-11(2)9-20-7-6-19(14(5)16(20)21)10-15-17-12(3)8-13(4)18-15/h8,11,14H,6-7,9-10H2,1-5H3/t14-/m0/s1. The predicted octanol–water partition coefficient (Wildman–Crippen LogP) is 1.78. The Morgan fingerprint density at radius 1 is 1.24 bits per heavy atom. The van der Waals surface area contributed by atoms with Crippen molar-refractivity contribution < 1.29 is 4.79 Å². The summed E-state index contributed by atoms with van der Waals surface area (Å²) in [7, 11) is 0. The van der Waals surface area contributed by atoms with Crippen LogP contribution in [0.4, 0.5) is 0 Å². The molecular formula is C16H26N4O. The molecule has 1 aliphatic heterocycles. The lowest BCUT2D eigenvalue weighted by molar-refractivity contribution is -0.142. The lowest BCUT2D eigenvalue weighted by Gasteiger charge is -2.39. The minimum atomic E-state index is -0.0954. The van der Waals surface area contributed by atoms with E-state index in [0.717, 1.165) is 36.8 Å². The molecule has 1 fully saturated rings. The van der Waals surface area contributed by atoms with Gasteiger partial charge in [0, 0.05) is 31.0 Å². The molecule has 0 unspecified atom stereocenters. The number of nitrogens with zero attached hydrogens (tertiary/aromatic N) is 4. The van der Waals surface area contributed by atoms with E-state index in [0.29, 0.717) is 12.5 Å². The molecule has 5 nitrogen and oxygen atoms in total. The normalized spacial score (nSPS) is 20.4. The molecule has 21 heavy (non-hydrogen) atoms. The molecule has 1 aliphatic rings. The molecule has 0 saturated carbocycles. The second kappa shape index (κ2) is 6.52. The molecule has 2 rings (SSSR count). The van der Waals surface area contributed by atoms with Crippen molar-refractivity contribution in [1.82, 2.24) is 19.8 Å². The zero-order chi connectivity index (χ0) is 15.6. The Kier molecular flexibility index (Phi) is 4.93. The Labute approximate surface area is 127 Å². The van der Waals surface area contributed by atoms with E-state index >= 15 is 0 Å². The van der Waals surface area contributed by atoms with Gasteiger partial charge in [0.25, 0.3) is 0 Å². The van der Waals surface area contributed by atoms with Gasteiger partial charge in [0.15, 0.2) is 0 Å². The Bertz CT molecular complexity index is 495. The molecule has 116 valence electrons. The highest BCUT2D eigenvalue weighted by Gasteiger charge is 2.31. The molecular weight excluding hydrogens is 264 g/mol. The van der Waals surface area contributed by atoms with Gasteiger partial charge >= 0.3 is 0 Å². The molecule has 0 radical (unpaired) electrons. The first-order valence-corrected chi connectivity index (χ1v) is 7.71. The lowest BCUT2D eigenvalue weighted by Crippen LogP contribution is -2.56. The quantitative estimate of drug-likeness (QED) is 0.848. The van der Waals surface area contributed by atoms with Crippen molar-refractivity contribution in [2.24, 2.45) is 5.92 Å². The first-order valence-electron chi connectivity index (χ1n) is 7.71. The van der Waals surface area contributed by atoms with Gasteiger partial charge < -0.3 is 4.90 Å². The van der Waals surface area contributed by atoms with E-state index in [1.165, 1.54) is 0 Å². The average molecular weight is 290 g/mol. The summed E-state index contributed by atoms with van der Waals surface area (Å²) in [6.45, 7) is 13.4. The van der Waals surface area contributed by atoms with Gasteiger partial charge in [-0.25, -0.2) is 9.97 Å². The zero-order valence-electron chi connectivity index (χ0n) is 13.8. The highest BCUT2D eigenvalue weighted by molar-refractivity contribution is 5.82. The summed E-state index contributed by atoms with van der Waals surface area (Å²) in [5, 5.41) is 0. The Balaban J connectivity index is 2.04. The fraction of sp³-hybridized carbons (Fsp3) is 0.688. The molecule has 0 bridgehead atoms. The van der Waals surface area contributed by atoms with Crippen molar-refractivity contribution >= 4 is 5.91 Å². The maximum atomic E-state index is 12.4. The van der Waals surface area contributed by atoms with Gasteiger partial charge in [0.2, 0.25) is 5.91 Å². The van der Waals surface area contributed by atoms with Gasteiger partial charge in [-0.3, -0.25) is 9.69 Å². The van der Waals surface area contributed by atoms with Gasteiger partial charge in [0.1, 0.15) is 5.82 Å². The van der Waals surface area contributed by atoms with E-state index in [2.05, 4.69) is 28.7 Å². The highest BCUT2D eigenvalue weighted by atomic mass is 16.2. The van der Waals surface area contributed by atoms with Crippen LogP contribution in [-0.4, -0.2) is 51.4 Å². The summed E-state index contributed by atoms with van der Waals surface area (Å²) in [4.78, 5) is 25.5. The number of carbonyl (C=O) groups is 1. The molecule has 1 atom stereocenters. The third-order valence-electron chi connectivity index (χ3n) is 3.83. The Morgan fingerprint density at radius 2 is 1.86 bits per heavy atom. The number of carbonyl (C=O) groups excluding carboxylic acids is 1. The number of rotatable bonds is 4. The van der Waals surface area contributed by atoms with Crippen molar-refractivity contribution in [3.05, 3.63) is 23.3 Å². The van der Waals surface area contributed by atoms with E-state index in [-0.39, 0.29) is 11.9 Å². The van der Waals surface area contributed by atoms with Crippen LogP contribution in [0, 0.1) is 19.8 Å². The predicted molar refractivity (Wildman–Crippen MR) is 82.8 cm³/mol. The molecule has 2 heterocycles. The molecule has 0 N–H and O–H groups in total. The average Bonchev–Trinajstić information content (AvgIpc) is 2.37. The molecule has 1 amide bonds. The van der Waals surface area contributed by atoms with Crippen molar-refractivity contribution in [2.75, 3.05) is 19.6 Å². The summed E-state index contributed by atoms with van der Waals surface area (Å²) in [6, 6.07) is 1.88. The van der Waals surface area contributed by atoms with Crippen LogP contribution < -0.4 is 0 Å². The first kappa shape index (κ1) is 15.9. The van der Waals surface area contributed by atoms with E-state index in [1.807, 2.05) is 31.7 Å². The zero-order valence-corrected chi connectivity index (χ0v) is 13.8. The topological polar surface area (TPSA) is 49.3 Å². The SMILES string of the molecule is Cc1cc(C)nc(CN2CCN(CC(C)C)C(=O)[C@@H]2C)n1. The molecule has 1 saturated heterocycles. The lowest BCUT2D eigenvalue weighted by atomic mass is 10.1. The molecule has 5 heteroatoms. The summed E-state index contributed by atoms with van der Waals surface area (Å²) >= 11 is 0. The number of aryl methyl sites for hydroxylation is 2. The van der Waals surface area contributed by atoms with Gasteiger partial charge in [-0.05, 0) is 32.8 Å². The van der Waals surface area contributed by atoms with E-state index in [4.69, 9.17) is 0 Å². The fourth-order valence-electron chi connectivity index (χ4n) is 2.86. The van der Waals surface area contributed by atoms with Crippen LogP contribution in [0.3, 0.4) is 0 Å². The van der Waals surface area contributed by atoms with Crippen molar-refractivity contribution in [1.29, 1.82) is 0 Å². The molecule has 0 aliphatic carbocycles. The Morgan fingerprint density at radius 3 is 2.43 bits per heavy atom. The molecule has 0 aromatic carbocycles. The molecule has 1 aromatic rings. The summed E-state index contributed by atoms with van der Waals surface area (Å²) < 4.78 is 0. The minimum Gasteiger partial charge on any atom is -0.340 e. The third-order valence-corrected chi connectivity index (χ3v) is 3.83. The van der Waals surface area contributed by atoms with Gasteiger partial charge in [-0.1, -0.05) is 13.8 Å². The summed E-state index contributed by atoms with van der Waals surface area (Å²) in [6.07, 6.45) is 0. The summed E-state index contributed by atoms with van der Waals surface area (Å²) in [5.41, 5.74) is 1.96. The van der Waals surface area contributed by atoms with Gasteiger partial charge in [-0.2, -0.15) is 0 Å². The van der Waals surface area contributed by atoms with Gasteiger partial charge in [-0.15, -0.1) is 0 Å². The minimum absolute atomic E-state index is 0.0954. The maximum absolute atomic E-state index is 12.4. The second-order valence-corrected chi connectivity index (χ2v) is 6.39. The van der Waals surface area contributed by atoms with Crippen LogP contribution in [0.2, 0.25) is 0 Å². The number of hydrogen-bond acceptors (Lipinski definition) is 4. The Hall–Kier alpha value is -1.49. The van der Waals surface area contributed by atoms with Crippen molar-refractivity contribution in [2.45, 2.75) is 47.2 Å². The first-order chi connectivity index (χ1) is 9.86. The fourth-order valence-corrected chi connectivity index (χ4v) is 2.86. The monoisotopic (exact) mass is 290 g/mol. The number of piperazine rings is 1. The third kappa shape index (κ3) is 4.00. The van der Waals surface area contributed by atoms with Crippen LogP contribution in [0.15, 0.2) is 6.07 Å². The van der Waals surface area contributed by atoms with Crippen LogP contribution in [0.25, 0.3) is 0 Å². The number of hydrogen-bond donors (Lipinski definition) is 0. The highest BCUT2D eigenvalue weighted by Crippen LogP contribution is 2.15. The van der Waals surface area contributed by atoms with Crippen LogP contribution in [0.1, 0.15) is 38.0 Å². The van der Waals surface area contributed by atoms with Crippen LogP contribution in [-0.2, 0) is 11.3 Å². The number of aromatic nitrogens is 2. The van der Waals surface area contributed by atoms with Crippen molar-refractivity contribution in [3.63, 3.8) is 0 Å². The van der Waals surface area contributed by atoms with E-state index in [1.54, 1.807) is 0 Å². The van der Waals surface area contributed by atoms with Gasteiger partial charge in [0.05, 0.1) is 12.6 Å².